The van der Waals surface area contributed by atoms with Gasteiger partial charge in [-0.3, -0.25) is 4.79 Å². The third-order valence-corrected chi connectivity index (χ3v) is 4.28. The monoisotopic (exact) mass is 334 g/mol. The molecule has 0 aliphatic rings. The van der Waals surface area contributed by atoms with Crippen LogP contribution >= 0.6 is 35.0 Å². The van der Waals surface area contributed by atoms with Gasteiger partial charge in [-0.1, -0.05) is 35.0 Å². The van der Waals surface area contributed by atoms with Crippen molar-refractivity contribution in [2.45, 2.75) is 11.7 Å². The maximum absolute atomic E-state index is 10.7. The summed E-state index contributed by atoms with van der Waals surface area (Å²) in [5.41, 5.74) is 1.49. The molecule has 0 bridgehead atoms. The van der Waals surface area contributed by atoms with Crippen molar-refractivity contribution < 1.29 is 14.6 Å². The van der Waals surface area contributed by atoms with Gasteiger partial charge in [0.15, 0.2) is 5.16 Å². The van der Waals surface area contributed by atoms with Gasteiger partial charge < -0.3 is 14.4 Å². The van der Waals surface area contributed by atoms with Crippen LogP contribution in [0.2, 0.25) is 10.0 Å². The van der Waals surface area contributed by atoms with Crippen molar-refractivity contribution in [3.05, 3.63) is 22.2 Å². The van der Waals surface area contributed by atoms with Crippen LogP contribution in [0.1, 0.15) is 0 Å². The number of carboxylic acids is 1. The van der Waals surface area contributed by atoms with Crippen LogP contribution in [0.4, 0.5) is 0 Å². The quantitative estimate of drug-likeness (QED) is 0.822. The molecule has 0 aliphatic heterocycles. The van der Waals surface area contributed by atoms with Crippen molar-refractivity contribution in [2.24, 2.45) is 0 Å². The number of fused-ring (bicyclic) bond motifs is 1. The molecule has 5 nitrogen and oxygen atoms in total. The van der Waals surface area contributed by atoms with Gasteiger partial charge in [-0.15, -0.1) is 0 Å². The second-order valence-electron chi connectivity index (χ2n) is 3.98. The minimum absolute atomic E-state index is 0.0578. The molecule has 0 unspecified atom stereocenters. The van der Waals surface area contributed by atoms with Crippen molar-refractivity contribution >= 4 is 52.0 Å². The van der Waals surface area contributed by atoms with Crippen molar-refractivity contribution in [3.63, 3.8) is 0 Å². The molecule has 1 aromatic heterocycles. The minimum Gasteiger partial charge on any atom is -0.481 e. The maximum atomic E-state index is 10.7. The molecule has 0 spiro atoms. The van der Waals surface area contributed by atoms with E-state index in [1.54, 1.807) is 19.2 Å². The number of thioether (sulfide) groups is 1. The number of halogens is 2. The molecule has 1 N–H and O–H groups in total. The van der Waals surface area contributed by atoms with E-state index in [1.165, 1.54) is 0 Å². The summed E-state index contributed by atoms with van der Waals surface area (Å²) in [7, 11) is 1.60. The average Bonchev–Trinajstić information content (AvgIpc) is 2.72. The normalized spacial score (nSPS) is 11.2. The predicted molar refractivity (Wildman–Crippen MR) is 80.0 cm³/mol. The Bertz CT molecular complexity index is 645. The molecule has 2 aromatic rings. The number of hydrogen-bond acceptors (Lipinski definition) is 4. The Hall–Kier alpha value is -0.950. The van der Waals surface area contributed by atoms with Crippen molar-refractivity contribution in [1.82, 2.24) is 9.55 Å². The van der Waals surface area contributed by atoms with Crippen LogP contribution in [0.25, 0.3) is 11.0 Å². The standard InChI is InChI=1S/C12H12Cl2N2O3S/c1-19-3-2-16-10-5-8(14)7(13)4-9(10)15-12(16)20-6-11(17)18/h4-5H,2-3,6H2,1H3,(H,17,18). The highest BCUT2D eigenvalue weighted by molar-refractivity contribution is 7.99. The largest absolute Gasteiger partial charge is 0.481 e. The summed E-state index contributed by atoms with van der Waals surface area (Å²) in [4.78, 5) is 15.1. The fourth-order valence-corrected chi connectivity index (χ4v) is 2.81. The topological polar surface area (TPSA) is 64.3 Å². The molecule has 0 saturated heterocycles. The number of hydrogen-bond donors (Lipinski definition) is 1. The fourth-order valence-electron chi connectivity index (χ4n) is 1.73. The molecule has 0 radical (unpaired) electrons. The van der Waals surface area contributed by atoms with Crippen LogP contribution in [0.15, 0.2) is 17.3 Å². The third kappa shape index (κ3) is 3.38. The SMILES string of the molecule is COCCn1c(SCC(=O)O)nc2cc(Cl)c(Cl)cc21. The molecular formula is C12H12Cl2N2O3S. The van der Waals surface area contributed by atoms with Gasteiger partial charge in [0.25, 0.3) is 0 Å². The van der Waals surface area contributed by atoms with Crippen molar-refractivity contribution in [3.8, 4) is 0 Å². The number of nitrogens with zero attached hydrogens (tertiary/aromatic N) is 2. The number of methoxy groups -OCH3 is 1. The highest BCUT2D eigenvalue weighted by atomic mass is 35.5. The van der Waals surface area contributed by atoms with Crippen LogP contribution in [-0.2, 0) is 16.1 Å². The maximum Gasteiger partial charge on any atom is 0.313 e. The molecule has 0 atom stereocenters. The molecule has 1 aromatic carbocycles. The van der Waals surface area contributed by atoms with Gasteiger partial charge in [0, 0.05) is 13.7 Å². The molecule has 0 fully saturated rings. The lowest BCUT2D eigenvalue weighted by Crippen LogP contribution is -2.07. The summed E-state index contributed by atoms with van der Waals surface area (Å²) in [6.07, 6.45) is 0. The molecular weight excluding hydrogens is 323 g/mol. The Balaban J connectivity index is 2.45. The Morgan fingerprint density at radius 2 is 2.15 bits per heavy atom. The number of imidazole rings is 1. The highest BCUT2D eigenvalue weighted by Gasteiger charge is 2.14. The number of aliphatic carboxylic acids is 1. The summed E-state index contributed by atoms with van der Waals surface area (Å²) in [6.45, 7) is 1.05. The summed E-state index contributed by atoms with van der Waals surface area (Å²) < 4.78 is 6.95. The van der Waals surface area contributed by atoms with Gasteiger partial charge >= 0.3 is 5.97 Å². The lowest BCUT2D eigenvalue weighted by molar-refractivity contribution is -0.133. The first-order valence-electron chi connectivity index (χ1n) is 5.71. The lowest BCUT2D eigenvalue weighted by atomic mass is 10.3. The molecule has 2 rings (SSSR count). The Kier molecular flexibility index (Phi) is 5.15. The summed E-state index contributed by atoms with van der Waals surface area (Å²) >= 11 is 13.2. The second-order valence-corrected chi connectivity index (χ2v) is 5.73. The zero-order chi connectivity index (χ0) is 14.7. The number of ether oxygens (including phenoxy) is 1. The molecule has 1 heterocycles. The third-order valence-electron chi connectivity index (χ3n) is 2.60. The predicted octanol–water partition coefficient (Wildman–Crippen LogP) is 3.17. The molecule has 0 saturated carbocycles. The van der Waals surface area contributed by atoms with Crippen molar-refractivity contribution in [2.75, 3.05) is 19.5 Å². The Labute approximate surface area is 129 Å². The average molecular weight is 335 g/mol. The van der Waals surface area contributed by atoms with Crippen LogP contribution in [0, 0.1) is 0 Å². The zero-order valence-electron chi connectivity index (χ0n) is 10.6. The van der Waals surface area contributed by atoms with Gasteiger partial charge in [0.1, 0.15) is 0 Å². The highest BCUT2D eigenvalue weighted by Crippen LogP contribution is 2.31. The van der Waals surface area contributed by atoms with E-state index >= 15 is 0 Å². The smallest absolute Gasteiger partial charge is 0.313 e. The van der Waals surface area contributed by atoms with E-state index in [4.69, 9.17) is 33.0 Å². The zero-order valence-corrected chi connectivity index (χ0v) is 12.9. The van der Waals surface area contributed by atoms with Crippen LogP contribution in [0.3, 0.4) is 0 Å². The molecule has 108 valence electrons. The molecule has 0 aliphatic carbocycles. The summed E-state index contributed by atoms with van der Waals surface area (Å²) in [6, 6.07) is 3.40. The van der Waals surface area contributed by atoms with Crippen LogP contribution < -0.4 is 0 Å². The first kappa shape index (κ1) is 15.4. The van der Waals surface area contributed by atoms with Gasteiger partial charge in [-0.25, -0.2) is 4.98 Å². The summed E-state index contributed by atoms with van der Waals surface area (Å²) in [5.74, 6) is -0.950. The van der Waals surface area contributed by atoms with Crippen LogP contribution in [-0.4, -0.2) is 40.1 Å². The first-order chi connectivity index (χ1) is 9.52. The van der Waals surface area contributed by atoms with Crippen LogP contribution in [0.5, 0.6) is 0 Å². The molecule has 0 amide bonds. The number of carbonyl (C=O) groups is 1. The lowest BCUT2D eigenvalue weighted by Gasteiger charge is -2.07. The van der Waals surface area contributed by atoms with Gasteiger partial charge in [-0.05, 0) is 12.1 Å². The number of benzene rings is 1. The molecule has 20 heavy (non-hydrogen) atoms. The second kappa shape index (κ2) is 6.67. The fraction of sp³-hybridized carbons (Fsp3) is 0.333. The van der Waals surface area contributed by atoms with E-state index in [9.17, 15) is 4.79 Å². The molecule has 8 heteroatoms. The minimum atomic E-state index is -0.892. The van der Waals surface area contributed by atoms with E-state index in [1.807, 2.05) is 4.57 Å². The number of rotatable bonds is 6. The number of carboxylic acid groups (broad SMARTS) is 1. The van der Waals surface area contributed by atoms with E-state index < -0.39 is 5.97 Å². The Morgan fingerprint density at radius 3 is 2.80 bits per heavy atom. The Morgan fingerprint density at radius 1 is 1.45 bits per heavy atom. The number of aromatic nitrogens is 2. The van der Waals surface area contributed by atoms with E-state index in [-0.39, 0.29) is 5.75 Å². The van der Waals surface area contributed by atoms with Gasteiger partial charge in [0.2, 0.25) is 0 Å². The van der Waals surface area contributed by atoms with Gasteiger partial charge in [0.05, 0.1) is 33.4 Å². The van der Waals surface area contributed by atoms with Gasteiger partial charge in [-0.2, -0.15) is 0 Å². The van der Waals surface area contributed by atoms with Crippen molar-refractivity contribution in [1.29, 1.82) is 0 Å². The van der Waals surface area contributed by atoms with E-state index in [0.29, 0.717) is 33.9 Å². The van der Waals surface area contributed by atoms with E-state index in [2.05, 4.69) is 4.98 Å². The first-order valence-corrected chi connectivity index (χ1v) is 7.46. The van der Waals surface area contributed by atoms with E-state index in [0.717, 1.165) is 17.3 Å². The summed E-state index contributed by atoms with van der Waals surface area (Å²) in [5, 5.41) is 10.2.